The van der Waals surface area contributed by atoms with E-state index in [2.05, 4.69) is 23.4 Å². The number of aliphatic hydroxyl groups excluding tert-OH is 1. The lowest BCUT2D eigenvalue weighted by molar-refractivity contribution is 0.0498. The van der Waals surface area contributed by atoms with Gasteiger partial charge < -0.3 is 19.5 Å². The number of benzene rings is 1. The summed E-state index contributed by atoms with van der Waals surface area (Å²) in [5.41, 5.74) is 1.13. The molecule has 1 atom stereocenters. The van der Waals surface area contributed by atoms with Crippen molar-refractivity contribution in [2.24, 2.45) is 0 Å². The van der Waals surface area contributed by atoms with Gasteiger partial charge in [-0.25, -0.2) is 0 Å². The zero-order valence-electron chi connectivity index (χ0n) is 15.0. The summed E-state index contributed by atoms with van der Waals surface area (Å²) in [5.74, 6) is 1.36. The first-order chi connectivity index (χ1) is 11.1. The van der Waals surface area contributed by atoms with Crippen LogP contribution in [0.2, 0.25) is 0 Å². The molecule has 144 valence electrons. The molecule has 0 radical (unpaired) electrons. The predicted molar refractivity (Wildman–Crippen MR) is 107 cm³/mol. The van der Waals surface area contributed by atoms with Gasteiger partial charge in [0.1, 0.15) is 12.7 Å². The number of hydrogen-bond acceptors (Lipinski definition) is 5. The van der Waals surface area contributed by atoms with Crippen LogP contribution < -0.4 is 9.47 Å². The maximum absolute atomic E-state index is 10.2. The van der Waals surface area contributed by atoms with Crippen molar-refractivity contribution in [3.05, 3.63) is 36.4 Å². The van der Waals surface area contributed by atoms with Crippen LogP contribution in [-0.4, -0.2) is 74.5 Å². The molecule has 0 spiro atoms. The summed E-state index contributed by atoms with van der Waals surface area (Å²) in [6.45, 7) is 8.73. The van der Waals surface area contributed by atoms with E-state index in [0.29, 0.717) is 18.0 Å². The molecule has 0 amide bonds. The molecule has 1 saturated heterocycles. The van der Waals surface area contributed by atoms with E-state index < -0.39 is 6.10 Å². The lowest BCUT2D eigenvalue weighted by Gasteiger charge is -2.33. The molecule has 0 saturated carbocycles. The minimum absolute atomic E-state index is 0. The molecule has 1 aliphatic heterocycles. The maximum Gasteiger partial charge on any atom is 0.161 e. The standard InChI is InChI=1S/C18H28N2O3.2ClH/c1-4-5-15-6-7-17(18(12-15)22-3)23-14-16(21)13-20-10-8-19(2)9-11-20;;/h4,6-7,12,16,21H,1,5,8-11,13-14H2,2-3H3;2*1H. The first-order valence-electron chi connectivity index (χ1n) is 8.12. The summed E-state index contributed by atoms with van der Waals surface area (Å²) in [7, 11) is 3.75. The van der Waals surface area contributed by atoms with E-state index >= 15 is 0 Å². The van der Waals surface area contributed by atoms with Crippen molar-refractivity contribution in [1.29, 1.82) is 0 Å². The van der Waals surface area contributed by atoms with Gasteiger partial charge in [-0.05, 0) is 31.2 Å². The van der Waals surface area contributed by atoms with Crippen molar-refractivity contribution in [1.82, 2.24) is 9.80 Å². The summed E-state index contributed by atoms with van der Waals surface area (Å²) in [6.07, 6.45) is 2.15. The van der Waals surface area contributed by atoms with Crippen molar-refractivity contribution in [3.8, 4) is 11.5 Å². The number of aliphatic hydroxyl groups is 1. The average Bonchev–Trinajstić information content (AvgIpc) is 2.56. The van der Waals surface area contributed by atoms with E-state index in [-0.39, 0.29) is 31.4 Å². The fraction of sp³-hybridized carbons (Fsp3) is 0.556. The van der Waals surface area contributed by atoms with Crippen LogP contribution in [-0.2, 0) is 6.42 Å². The van der Waals surface area contributed by atoms with E-state index in [1.165, 1.54) is 0 Å². The van der Waals surface area contributed by atoms with Gasteiger partial charge in [0, 0.05) is 32.7 Å². The van der Waals surface area contributed by atoms with Crippen LogP contribution >= 0.6 is 24.8 Å². The second-order valence-corrected chi connectivity index (χ2v) is 6.05. The largest absolute Gasteiger partial charge is 0.493 e. The Balaban J connectivity index is 0.00000288. The van der Waals surface area contributed by atoms with Crippen LogP contribution in [0.25, 0.3) is 0 Å². The molecule has 1 fully saturated rings. The number of halogens is 2. The molecule has 1 heterocycles. The normalized spacial score (nSPS) is 16.3. The Morgan fingerprint density at radius 1 is 1.20 bits per heavy atom. The van der Waals surface area contributed by atoms with Crippen LogP contribution in [0.5, 0.6) is 11.5 Å². The summed E-state index contributed by atoms with van der Waals surface area (Å²) >= 11 is 0. The van der Waals surface area contributed by atoms with Gasteiger partial charge in [-0.15, -0.1) is 31.4 Å². The Kier molecular flexibility index (Phi) is 11.9. The fourth-order valence-electron chi connectivity index (χ4n) is 2.69. The highest BCUT2D eigenvalue weighted by atomic mass is 35.5. The van der Waals surface area contributed by atoms with E-state index in [1.54, 1.807) is 7.11 Å². The van der Waals surface area contributed by atoms with Gasteiger partial charge in [0.15, 0.2) is 11.5 Å². The molecule has 1 aromatic rings. The minimum atomic E-state index is -0.504. The highest BCUT2D eigenvalue weighted by Crippen LogP contribution is 2.28. The number of rotatable bonds is 8. The molecule has 1 aliphatic rings. The zero-order valence-corrected chi connectivity index (χ0v) is 16.7. The first kappa shape index (κ1) is 24.0. The van der Waals surface area contributed by atoms with Gasteiger partial charge in [0.2, 0.25) is 0 Å². The van der Waals surface area contributed by atoms with Crippen molar-refractivity contribution >= 4 is 24.8 Å². The maximum atomic E-state index is 10.2. The van der Waals surface area contributed by atoms with Crippen molar-refractivity contribution in [2.75, 3.05) is 53.5 Å². The number of likely N-dealkylation sites (N-methyl/N-ethyl adjacent to an activating group) is 1. The Labute approximate surface area is 163 Å². The topological polar surface area (TPSA) is 45.2 Å². The van der Waals surface area contributed by atoms with Gasteiger partial charge in [-0.3, -0.25) is 4.90 Å². The quantitative estimate of drug-likeness (QED) is 0.687. The molecule has 25 heavy (non-hydrogen) atoms. The summed E-state index contributed by atoms with van der Waals surface area (Å²) < 4.78 is 11.1. The van der Waals surface area contributed by atoms with Crippen LogP contribution in [0.15, 0.2) is 30.9 Å². The number of ether oxygens (including phenoxy) is 2. The molecule has 0 bridgehead atoms. The lowest BCUT2D eigenvalue weighted by Crippen LogP contribution is -2.47. The highest BCUT2D eigenvalue weighted by Gasteiger charge is 2.17. The number of methoxy groups -OCH3 is 1. The van der Waals surface area contributed by atoms with Gasteiger partial charge in [-0.1, -0.05) is 12.1 Å². The number of β-amino-alcohol motifs (C(OH)–C–C–N with tert-alkyl or cyclic N) is 1. The number of piperazine rings is 1. The van der Waals surface area contributed by atoms with Gasteiger partial charge in [0.25, 0.3) is 0 Å². The van der Waals surface area contributed by atoms with Crippen LogP contribution in [0, 0.1) is 0 Å². The molecule has 1 aromatic carbocycles. The zero-order chi connectivity index (χ0) is 16.7. The fourth-order valence-corrected chi connectivity index (χ4v) is 2.69. The third-order valence-corrected chi connectivity index (χ3v) is 4.10. The second-order valence-electron chi connectivity index (χ2n) is 6.05. The highest BCUT2D eigenvalue weighted by molar-refractivity contribution is 5.85. The third kappa shape index (κ3) is 7.84. The predicted octanol–water partition coefficient (Wildman–Crippen LogP) is 2.25. The second kappa shape index (κ2) is 12.4. The smallest absolute Gasteiger partial charge is 0.161 e. The number of allylic oxidation sites excluding steroid dienone is 1. The molecule has 0 aromatic heterocycles. The summed E-state index contributed by atoms with van der Waals surface area (Å²) in [5, 5.41) is 10.2. The SMILES string of the molecule is C=CCc1ccc(OCC(O)CN2CCN(C)CC2)c(OC)c1.Cl.Cl. The summed E-state index contributed by atoms with van der Waals surface area (Å²) in [4.78, 5) is 4.58. The van der Waals surface area contributed by atoms with Crippen molar-refractivity contribution in [3.63, 3.8) is 0 Å². The van der Waals surface area contributed by atoms with E-state index in [4.69, 9.17) is 9.47 Å². The average molecular weight is 393 g/mol. The molecule has 5 nitrogen and oxygen atoms in total. The molecule has 1 N–H and O–H groups in total. The van der Waals surface area contributed by atoms with Gasteiger partial charge in [0.05, 0.1) is 7.11 Å². The molecular formula is C18H30Cl2N2O3. The molecule has 0 aliphatic carbocycles. The lowest BCUT2D eigenvalue weighted by atomic mass is 10.1. The van der Waals surface area contributed by atoms with E-state index in [0.717, 1.165) is 38.2 Å². The number of hydrogen-bond donors (Lipinski definition) is 1. The van der Waals surface area contributed by atoms with Crippen molar-refractivity contribution in [2.45, 2.75) is 12.5 Å². The Bertz CT molecular complexity index is 509. The van der Waals surface area contributed by atoms with Crippen LogP contribution in [0.3, 0.4) is 0 Å². The third-order valence-electron chi connectivity index (χ3n) is 4.10. The van der Waals surface area contributed by atoms with E-state index in [9.17, 15) is 5.11 Å². The minimum Gasteiger partial charge on any atom is -0.493 e. The Morgan fingerprint density at radius 2 is 1.88 bits per heavy atom. The number of nitrogens with zero attached hydrogens (tertiary/aromatic N) is 2. The van der Waals surface area contributed by atoms with Gasteiger partial charge >= 0.3 is 0 Å². The molecular weight excluding hydrogens is 363 g/mol. The monoisotopic (exact) mass is 392 g/mol. The molecule has 2 rings (SSSR count). The molecule has 1 unspecified atom stereocenters. The Morgan fingerprint density at radius 3 is 2.48 bits per heavy atom. The van der Waals surface area contributed by atoms with Crippen LogP contribution in [0.4, 0.5) is 0 Å². The first-order valence-corrected chi connectivity index (χ1v) is 8.12. The van der Waals surface area contributed by atoms with Gasteiger partial charge in [-0.2, -0.15) is 0 Å². The Hall–Kier alpha value is -0.980. The molecule has 7 heteroatoms. The van der Waals surface area contributed by atoms with Crippen LogP contribution in [0.1, 0.15) is 5.56 Å². The summed E-state index contributed by atoms with van der Waals surface area (Å²) in [6, 6.07) is 5.83. The van der Waals surface area contributed by atoms with E-state index in [1.807, 2.05) is 24.3 Å². The van der Waals surface area contributed by atoms with Crippen molar-refractivity contribution < 1.29 is 14.6 Å².